The van der Waals surface area contributed by atoms with Gasteiger partial charge >= 0.3 is 5.97 Å². The molecule has 0 saturated carbocycles. The summed E-state index contributed by atoms with van der Waals surface area (Å²) in [6.07, 6.45) is 2.00. The Morgan fingerprint density at radius 3 is 2.50 bits per heavy atom. The third-order valence-corrected chi connectivity index (χ3v) is 1.25. The van der Waals surface area contributed by atoms with Crippen molar-refractivity contribution < 1.29 is 14.3 Å². The topological polar surface area (TPSA) is 43.4 Å². The minimum absolute atomic E-state index is 0.114. The molecule has 0 heterocycles. The Kier molecular flexibility index (Phi) is 4.69. The summed E-state index contributed by atoms with van der Waals surface area (Å²) in [5, 5.41) is 0. The summed E-state index contributed by atoms with van der Waals surface area (Å²) in [6, 6.07) is 0. The van der Waals surface area contributed by atoms with Crippen molar-refractivity contribution in [3.05, 3.63) is 25.0 Å². The van der Waals surface area contributed by atoms with Crippen LogP contribution in [0.15, 0.2) is 25.0 Å². The third-order valence-electron chi connectivity index (χ3n) is 1.25. The lowest BCUT2D eigenvalue weighted by Crippen LogP contribution is -2.12. The van der Waals surface area contributed by atoms with Gasteiger partial charge in [0.05, 0.1) is 11.8 Å². The Hall–Kier alpha value is -1.38. The molecule has 0 aliphatic carbocycles. The van der Waals surface area contributed by atoms with Crippen LogP contribution in [-0.4, -0.2) is 11.8 Å². The second kappa shape index (κ2) is 5.29. The zero-order chi connectivity index (χ0) is 9.56. The molecule has 0 atom stereocenters. The zero-order valence-corrected chi connectivity index (χ0v) is 7.13. The van der Waals surface area contributed by atoms with E-state index in [-0.39, 0.29) is 11.4 Å². The van der Waals surface area contributed by atoms with E-state index < -0.39 is 5.97 Å². The van der Waals surface area contributed by atoms with E-state index in [0.717, 1.165) is 6.26 Å². The first-order chi connectivity index (χ1) is 5.63. The summed E-state index contributed by atoms with van der Waals surface area (Å²) in [5.74, 6) is -0.993. The Balaban J connectivity index is 4.09. The van der Waals surface area contributed by atoms with E-state index in [1.807, 2.05) is 6.92 Å². The molecule has 3 nitrogen and oxygen atoms in total. The highest BCUT2D eigenvalue weighted by molar-refractivity contribution is 6.16. The van der Waals surface area contributed by atoms with Crippen LogP contribution in [0.2, 0.25) is 0 Å². The molecule has 0 bridgehead atoms. The van der Waals surface area contributed by atoms with Crippen LogP contribution in [0.5, 0.6) is 0 Å². The molecule has 0 rings (SSSR count). The Morgan fingerprint density at radius 1 is 1.50 bits per heavy atom. The van der Waals surface area contributed by atoms with Gasteiger partial charge in [-0.05, 0) is 6.42 Å². The van der Waals surface area contributed by atoms with Crippen LogP contribution >= 0.6 is 0 Å². The van der Waals surface area contributed by atoms with Crippen LogP contribution in [0.4, 0.5) is 0 Å². The van der Waals surface area contributed by atoms with Crippen LogP contribution in [-0.2, 0) is 14.3 Å². The Morgan fingerprint density at radius 2 is 2.08 bits per heavy atom. The Labute approximate surface area is 71.7 Å². The maximum absolute atomic E-state index is 11.0. The highest BCUT2D eigenvalue weighted by atomic mass is 16.5. The van der Waals surface area contributed by atoms with Gasteiger partial charge in [-0.3, -0.25) is 4.79 Å². The first-order valence-corrected chi connectivity index (χ1v) is 3.67. The van der Waals surface area contributed by atoms with Crippen molar-refractivity contribution in [3.8, 4) is 0 Å². The monoisotopic (exact) mass is 168 g/mol. The van der Waals surface area contributed by atoms with Gasteiger partial charge in [0.2, 0.25) is 0 Å². The molecule has 0 saturated heterocycles. The number of esters is 1. The number of carbonyl (C=O) groups excluding carboxylic acids is 2. The maximum atomic E-state index is 11.0. The van der Waals surface area contributed by atoms with Crippen molar-refractivity contribution in [1.82, 2.24) is 0 Å². The average Bonchev–Trinajstić information content (AvgIpc) is 2.04. The van der Waals surface area contributed by atoms with E-state index in [4.69, 9.17) is 0 Å². The van der Waals surface area contributed by atoms with E-state index in [1.54, 1.807) is 0 Å². The van der Waals surface area contributed by atoms with Crippen LogP contribution < -0.4 is 0 Å². The number of hydrogen-bond donors (Lipinski definition) is 0. The van der Waals surface area contributed by atoms with Crippen molar-refractivity contribution in [1.29, 1.82) is 0 Å². The van der Waals surface area contributed by atoms with Gasteiger partial charge in [0, 0.05) is 6.42 Å². The third kappa shape index (κ3) is 3.14. The smallest absolute Gasteiger partial charge is 0.345 e. The predicted molar refractivity (Wildman–Crippen MR) is 45.3 cm³/mol. The van der Waals surface area contributed by atoms with Crippen LogP contribution in [0, 0.1) is 0 Å². The molecular weight excluding hydrogens is 156 g/mol. The highest BCUT2D eigenvalue weighted by Crippen LogP contribution is 2.02. The van der Waals surface area contributed by atoms with Crippen LogP contribution in [0.25, 0.3) is 0 Å². The maximum Gasteiger partial charge on any atom is 0.345 e. The van der Waals surface area contributed by atoms with Crippen molar-refractivity contribution in [2.24, 2.45) is 0 Å². The quantitative estimate of drug-likeness (QED) is 0.206. The lowest BCUT2D eigenvalue weighted by atomic mass is 10.1. The fourth-order valence-corrected chi connectivity index (χ4v) is 0.639. The predicted octanol–water partition coefficient (Wildman–Crippen LogP) is 1.60. The SMILES string of the molecule is C=COC(=O)C(=C)C(=O)CCC. The van der Waals surface area contributed by atoms with E-state index in [1.165, 1.54) is 0 Å². The molecule has 0 aromatic carbocycles. The molecule has 0 amide bonds. The van der Waals surface area contributed by atoms with Gasteiger partial charge in [0.25, 0.3) is 0 Å². The van der Waals surface area contributed by atoms with Gasteiger partial charge in [0.1, 0.15) is 0 Å². The molecule has 0 aliphatic heterocycles. The molecule has 0 spiro atoms. The van der Waals surface area contributed by atoms with Crippen LogP contribution in [0.3, 0.4) is 0 Å². The lowest BCUT2D eigenvalue weighted by molar-refractivity contribution is -0.135. The summed E-state index contributed by atoms with van der Waals surface area (Å²) in [4.78, 5) is 21.9. The second-order valence-corrected chi connectivity index (χ2v) is 2.22. The molecule has 12 heavy (non-hydrogen) atoms. The highest BCUT2D eigenvalue weighted by Gasteiger charge is 2.14. The summed E-state index contributed by atoms with van der Waals surface area (Å²) in [7, 11) is 0. The van der Waals surface area contributed by atoms with Gasteiger partial charge < -0.3 is 4.74 Å². The molecule has 0 radical (unpaired) electrons. The summed E-state index contributed by atoms with van der Waals surface area (Å²) >= 11 is 0. The fourth-order valence-electron chi connectivity index (χ4n) is 0.639. The number of carbonyl (C=O) groups is 2. The molecule has 66 valence electrons. The molecule has 0 aromatic rings. The molecule has 0 aromatic heterocycles. The lowest BCUT2D eigenvalue weighted by Gasteiger charge is -2.00. The van der Waals surface area contributed by atoms with Crippen molar-refractivity contribution in [2.75, 3.05) is 0 Å². The molecule has 3 heteroatoms. The molecule has 0 unspecified atom stereocenters. The minimum atomic E-state index is -0.719. The zero-order valence-electron chi connectivity index (χ0n) is 7.13. The minimum Gasteiger partial charge on any atom is -0.431 e. The Bertz CT molecular complexity index is 216. The summed E-state index contributed by atoms with van der Waals surface area (Å²) < 4.78 is 4.38. The molecule has 0 N–H and O–H groups in total. The van der Waals surface area contributed by atoms with Gasteiger partial charge in [0.15, 0.2) is 5.78 Å². The van der Waals surface area contributed by atoms with Gasteiger partial charge in [-0.1, -0.05) is 20.1 Å². The number of rotatable bonds is 5. The van der Waals surface area contributed by atoms with E-state index in [0.29, 0.717) is 12.8 Å². The standard InChI is InChI=1S/C9H12O3/c1-4-6-8(10)7(3)9(11)12-5-2/h5H,2-4,6H2,1H3. The summed E-state index contributed by atoms with van der Waals surface area (Å²) in [5.41, 5.74) is -0.114. The van der Waals surface area contributed by atoms with Crippen molar-refractivity contribution in [2.45, 2.75) is 19.8 Å². The van der Waals surface area contributed by atoms with Gasteiger partial charge in [-0.25, -0.2) is 4.79 Å². The number of Topliss-reactive ketones (excluding diaryl/α,β-unsaturated/α-hetero) is 1. The fraction of sp³-hybridized carbons (Fsp3) is 0.333. The molecule has 0 aliphatic rings. The van der Waals surface area contributed by atoms with Crippen LogP contribution in [0.1, 0.15) is 19.8 Å². The number of ether oxygens (including phenoxy) is 1. The van der Waals surface area contributed by atoms with E-state index in [9.17, 15) is 9.59 Å². The molecule has 0 fully saturated rings. The van der Waals surface area contributed by atoms with Crippen molar-refractivity contribution in [3.63, 3.8) is 0 Å². The second-order valence-electron chi connectivity index (χ2n) is 2.22. The number of hydrogen-bond acceptors (Lipinski definition) is 3. The van der Waals surface area contributed by atoms with Crippen molar-refractivity contribution >= 4 is 11.8 Å². The molecular formula is C9H12O3. The van der Waals surface area contributed by atoms with Gasteiger partial charge in [-0.15, -0.1) is 0 Å². The van der Waals surface area contributed by atoms with E-state index >= 15 is 0 Å². The normalized spacial score (nSPS) is 8.75. The first-order valence-electron chi connectivity index (χ1n) is 3.67. The number of ketones is 1. The summed E-state index contributed by atoms with van der Waals surface area (Å²) in [6.45, 7) is 8.36. The van der Waals surface area contributed by atoms with Gasteiger partial charge in [-0.2, -0.15) is 0 Å². The first kappa shape index (κ1) is 10.6. The van der Waals surface area contributed by atoms with E-state index in [2.05, 4.69) is 17.9 Å². The average molecular weight is 168 g/mol. The largest absolute Gasteiger partial charge is 0.431 e.